The summed E-state index contributed by atoms with van der Waals surface area (Å²) in [6.07, 6.45) is 1.31. The van der Waals surface area contributed by atoms with Gasteiger partial charge in [-0.1, -0.05) is 6.92 Å². The van der Waals surface area contributed by atoms with Gasteiger partial charge in [0.15, 0.2) is 0 Å². The second kappa shape index (κ2) is 5.32. The topological polar surface area (TPSA) is 41.6 Å². The highest BCUT2D eigenvalue weighted by Crippen LogP contribution is 2.14. The summed E-state index contributed by atoms with van der Waals surface area (Å²) >= 11 is 0. The highest BCUT2D eigenvalue weighted by atomic mass is 16.5. The molecular formula is C10H20N2O2. The Kier molecular flexibility index (Phi) is 4.35. The molecule has 2 atom stereocenters. The Morgan fingerprint density at radius 1 is 1.57 bits per heavy atom. The maximum absolute atomic E-state index is 11.3. The minimum atomic E-state index is 0.0303. The Morgan fingerprint density at radius 2 is 2.29 bits per heavy atom. The monoisotopic (exact) mass is 200 g/mol. The van der Waals surface area contributed by atoms with E-state index in [-0.39, 0.29) is 18.6 Å². The zero-order valence-electron chi connectivity index (χ0n) is 9.25. The first-order valence-electron chi connectivity index (χ1n) is 5.13. The lowest BCUT2D eigenvalue weighted by Crippen LogP contribution is -2.42. The average Bonchev–Trinajstić information content (AvgIpc) is 2.16. The Hall–Kier alpha value is -0.610. The van der Waals surface area contributed by atoms with Gasteiger partial charge in [0.2, 0.25) is 5.91 Å². The van der Waals surface area contributed by atoms with E-state index < -0.39 is 0 Å². The van der Waals surface area contributed by atoms with Crippen molar-refractivity contribution in [1.82, 2.24) is 10.2 Å². The minimum absolute atomic E-state index is 0.0303. The molecule has 1 aliphatic heterocycles. The summed E-state index contributed by atoms with van der Waals surface area (Å²) in [6, 6.07) is 0. The van der Waals surface area contributed by atoms with Crippen molar-refractivity contribution in [2.75, 3.05) is 33.8 Å². The van der Waals surface area contributed by atoms with Crippen molar-refractivity contribution in [1.29, 1.82) is 0 Å². The number of hydrogen-bond acceptors (Lipinski definition) is 3. The molecule has 82 valence electrons. The van der Waals surface area contributed by atoms with Gasteiger partial charge in [0.05, 0.1) is 6.10 Å². The lowest BCUT2D eigenvalue weighted by Gasteiger charge is -2.29. The van der Waals surface area contributed by atoms with Crippen LogP contribution in [0.5, 0.6) is 0 Å². The molecule has 0 saturated carbocycles. The maximum Gasteiger partial charge on any atom is 0.248 e. The molecule has 2 unspecified atom stereocenters. The molecule has 1 aliphatic rings. The molecule has 14 heavy (non-hydrogen) atoms. The Bertz CT molecular complexity index is 195. The number of carbonyl (C=O) groups is 1. The van der Waals surface area contributed by atoms with Gasteiger partial charge in [0, 0.05) is 20.6 Å². The molecule has 0 aromatic heterocycles. The molecular weight excluding hydrogens is 180 g/mol. The van der Waals surface area contributed by atoms with Crippen LogP contribution in [-0.2, 0) is 9.53 Å². The zero-order valence-corrected chi connectivity index (χ0v) is 9.25. The number of nitrogens with one attached hydrogen (secondary N) is 1. The number of rotatable bonds is 3. The first kappa shape index (κ1) is 11.5. The van der Waals surface area contributed by atoms with Crippen molar-refractivity contribution in [2.24, 2.45) is 5.92 Å². The van der Waals surface area contributed by atoms with E-state index in [1.807, 2.05) is 0 Å². The molecule has 1 fully saturated rings. The lowest BCUT2D eigenvalue weighted by atomic mass is 9.97. The second-order valence-corrected chi connectivity index (χ2v) is 4.11. The molecule has 1 amide bonds. The van der Waals surface area contributed by atoms with Crippen LogP contribution in [0.4, 0.5) is 0 Å². The summed E-state index contributed by atoms with van der Waals surface area (Å²) in [4.78, 5) is 12.8. The standard InChI is InChI=1S/C10H20N2O2/c1-8-4-5-11-6-9(8)14-7-10(13)12(2)3/h8-9,11H,4-7H2,1-3H3. The second-order valence-electron chi connectivity index (χ2n) is 4.11. The van der Waals surface area contributed by atoms with Crippen LogP contribution in [0.25, 0.3) is 0 Å². The van der Waals surface area contributed by atoms with Crippen molar-refractivity contribution in [2.45, 2.75) is 19.4 Å². The van der Waals surface area contributed by atoms with E-state index in [1.54, 1.807) is 19.0 Å². The summed E-state index contributed by atoms with van der Waals surface area (Å²) in [5.74, 6) is 0.578. The molecule has 1 N–H and O–H groups in total. The van der Waals surface area contributed by atoms with Crippen molar-refractivity contribution in [3.8, 4) is 0 Å². The molecule has 0 bridgehead atoms. The fourth-order valence-electron chi connectivity index (χ4n) is 1.49. The Morgan fingerprint density at radius 3 is 2.86 bits per heavy atom. The summed E-state index contributed by atoms with van der Waals surface area (Å²) in [5, 5.41) is 3.27. The van der Waals surface area contributed by atoms with Crippen molar-refractivity contribution in [3.05, 3.63) is 0 Å². The third-order valence-corrected chi connectivity index (χ3v) is 2.68. The molecule has 4 nitrogen and oxygen atoms in total. The van der Waals surface area contributed by atoms with Gasteiger partial charge in [-0.15, -0.1) is 0 Å². The van der Waals surface area contributed by atoms with Crippen LogP contribution in [0.15, 0.2) is 0 Å². The number of amides is 1. The Labute approximate surface area is 85.6 Å². The molecule has 0 spiro atoms. The van der Waals surface area contributed by atoms with E-state index in [9.17, 15) is 4.79 Å². The van der Waals surface area contributed by atoms with Crippen LogP contribution in [0.1, 0.15) is 13.3 Å². The zero-order chi connectivity index (χ0) is 10.6. The van der Waals surface area contributed by atoms with Gasteiger partial charge in [-0.25, -0.2) is 0 Å². The highest BCUT2D eigenvalue weighted by Gasteiger charge is 2.22. The minimum Gasteiger partial charge on any atom is -0.367 e. The number of nitrogens with zero attached hydrogens (tertiary/aromatic N) is 1. The predicted octanol–water partition coefficient (Wildman–Crippen LogP) is 0.0892. The summed E-state index contributed by atoms with van der Waals surface area (Å²) < 4.78 is 5.56. The SMILES string of the molecule is CC1CCNCC1OCC(=O)N(C)C. The van der Waals surface area contributed by atoms with E-state index in [1.165, 1.54) is 0 Å². The van der Waals surface area contributed by atoms with Gasteiger partial charge in [-0.05, 0) is 18.9 Å². The highest BCUT2D eigenvalue weighted by molar-refractivity contribution is 5.76. The molecule has 0 aromatic carbocycles. The van der Waals surface area contributed by atoms with Crippen molar-refractivity contribution < 1.29 is 9.53 Å². The number of ether oxygens (including phenoxy) is 1. The van der Waals surface area contributed by atoms with Gasteiger partial charge in [-0.2, -0.15) is 0 Å². The van der Waals surface area contributed by atoms with Crippen LogP contribution in [-0.4, -0.2) is 50.7 Å². The van der Waals surface area contributed by atoms with Crippen LogP contribution in [0.2, 0.25) is 0 Å². The number of likely N-dealkylation sites (N-methyl/N-ethyl adjacent to an activating group) is 1. The quantitative estimate of drug-likeness (QED) is 0.702. The molecule has 0 aromatic rings. The van der Waals surface area contributed by atoms with Crippen LogP contribution < -0.4 is 5.32 Å². The summed E-state index contributed by atoms with van der Waals surface area (Å²) in [5.41, 5.74) is 0. The molecule has 1 heterocycles. The smallest absolute Gasteiger partial charge is 0.248 e. The van der Waals surface area contributed by atoms with Gasteiger partial charge in [-0.3, -0.25) is 4.79 Å². The normalized spacial score (nSPS) is 27.4. The van der Waals surface area contributed by atoms with Crippen molar-refractivity contribution >= 4 is 5.91 Å². The van der Waals surface area contributed by atoms with E-state index in [4.69, 9.17) is 4.74 Å². The molecule has 0 aliphatic carbocycles. The van der Waals surface area contributed by atoms with Gasteiger partial charge in [0.25, 0.3) is 0 Å². The first-order valence-corrected chi connectivity index (χ1v) is 5.13. The molecule has 4 heteroatoms. The van der Waals surface area contributed by atoms with E-state index in [0.29, 0.717) is 5.92 Å². The molecule has 0 radical (unpaired) electrons. The summed E-state index contributed by atoms with van der Waals surface area (Å²) in [7, 11) is 3.49. The third kappa shape index (κ3) is 3.27. The van der Waals surface area contributed by atoms with E-state index >= 15 is 0 Å². The van der Waals surface area contributed by atoms with Crippen LogP contribution in [0.3, 0.4) is 0 Å². The lowest BCUT2D eigenvalue weighted by molar-refractivity contribution is -0.137. The van der Waals surface area contributed by atoms with Gasteiger partial charge in [0.1, 0.15) is 6.61 Å². The van der Waals surface area contributed by atoms with Crippen LogP contribution in [0, 0.1) is 5.92 Å². The third-order valence-electron chi connectivity index (χ3n) is 2.68. The van der Waals surface area contributed by atoms with Gasteiger partial charge < -0.3 is 15.0 Å². The largest absolute Gasteiger partial charge is 0.367 e. The van der Waals surface area contributed by atoms with Crippen molar-refractivity contribution in [3.63, 3.8) is 0 Å². The average molecular weight is 200 g/mol. The molecule has 1 rings (SSSR count). The number of piperidine rings is 1. The van der Waals surface area contributed by atoms with Gasteiger partial charge >= 0.3 is 0 Å². The number of hydrogen-bond donors (Lipinski definition) is 1. The van der Waals surface area contributed by atoms with Crippen LogP contribution >= 0.6 is 0 Å². The fourth-order valence-corrected chi connectivity index (χ4v) is 1.49. The molecule has 1 saturated heterocycles. The van der Waals surface area contributed by atoms with E-state index in [2.05, 4.69) is 12.2 Å². The van der Waals surface area contributed by atoms with E-state index in [0.717, 1.165) is 19.5 Å². The number of carbonyl (C=O) groups excluding carboxylic acids is 1. The predicted molar refractivity (Wildman–Crippen MR) is 55.1 cm³/mol. The first-order chi connectivity index (χ1) is 6.61. The maximum atomic E-state index is 11.3. The fraction of sp³-hybridized carbons (Fsp3) is 0.900. The Balaban J connectivity index is 2.26. The summed E-state index contributed by atoms with van der Waals surface area (Å²) in [6.45, 7) is 4.29.